The zero-order chi connectivity index (χ0) is 22.5. The van der Waals surface area contributed by atoms with Crippen LogP contribution < -0.4 is 17.1 Å². The maximum absolute atomic E-state index is 13.7. The first kappa shape index (κ1) is 19.8. The van der Waals surface area contributed by atoms with Crippen molar-refractivity contribution in [2.24, 2.45) is 10.7 Å². The molecule has 1 fully saturated rings. The number of nitrogens with zero attached hydrogens (tertiary/aromatic N) is 5. The Hall–Kier alpha value is -3.81. The normalized spacial score (nSPS) is 21.8. The largest absolute Gasteiger partial charge is 0.369 e. The van der Waals surface area contributed by atoms with Crippen molar-refractivity contribution in [2.75, 3.05) is 6.54 Å². The quantitative estimate of drug-likeness (QED) is 0.675. The van der Waals surface area contributed by atoms with Crippen LogP contribution in [0.3, 0.4) is 0 Å². The lowest BCUT2D eigenvalue weighted by molar-refractivity contribution is 0.233. The fourth-order valence-corrected chi connectivity index (χ4v) is 5.48. The number of guanidine groups is 1. The fraction of sp³-hybridized carbons (Fsp3) is 0.320. The Kier molecular flexibility index (Phi) is 4.60. The molecule has 0 saturated heterocycles. The van der Waals surface area contributed by atoms with E-state index in [0.717, 1.165) is 42.5 Å². The van der Waals surface area contributed by atoms with Crippen LogP contribution in [0.2, 0.25) is 0 Å². The molecule has 8 heteroatoms. The van der Waals surface area contributed by atoms with Crippen LogP contribution in [-0.4, -0.2) is 31.3 Å². The predicted octanol–water partition coefficient (Wildman–Crippen LogP) is 2.56. The minimum Gasteiger partial charge on any atom is -0.369 e. The minimum absolute atomic E-state index is 0.146. The fourth-order valence-electron chi connectivity index (χ4n) is 5.48. The highest BCUT2D eigenvalue weighted by Crippen LogP contribution is 2.43. The summed E-state index contributed by atoms with van der Waals surface area (Å²) in [4.78, 5) is 34.1. The minimum atomic E-state index is -0.351. The molecule has 0 unspecified atom stereocenters. The first-order valence-corrected chi connectivity index (χ1v) is 11.5. The van der Waals surface area contributed by atoms with Gasteiger partial charge in [-0.3, -0.25) is 0 Å². The zero-order valence-electron chi connectivity index (χ0n) is 18.3. The molecule has 33 heavy (non-hydrogen) atoms. The third kappa shape index (κ3) is 3.08. The molecule has 2 N–H and O–H groups in total. The standard InChI is InChI=1S/C25H26N6O2/c26-23-27-22-19-13-7-8-14-20(19)30-24(32)29(18-11-5-2-6-12-18)25(33)31(30)21(22)16-28(23)15-17-9-3-1-4-10-17/h1-6,9-12,20-21H,7-8,13-16H2,(H2,26,27)/t20-,21+/m0/s1. The lowest BCUT2D eigenvalue weighted by atomic mass is 9.85. The van der Waals surface area contributed by atoms with Crippen molar-refractivity contribution < 1.29 is 0 Å². The summed E-state index contributed by atoms with van der Waals surface area (Å²) in [6, 6.07) is 18.7. The Morgan fingerprint density at radius 1 is 0.879 bits per heavy atom. The van der Waals surface area contributed by atoms with E-state index in [0.29, 0.717) is 24.7 Å². The molecule has 0 bridgehead atoms. The summed E-state index contributed by atoms with van der Waals surface area (Å²) in [5, 5.41) is 0. The summed E-state index contributed by atoms with van der Waals surface area (Å²) in [7, 11) is 0. The number of hydrogen-bond donors (Lipinski definition) is 1. The van der Waals surface area contributed by atoms with Gasteiger partial charge in [0.15, 0.2) is 5.96 Å². The van der Waals surface area contributed by atoms with E-state index in [4.69, 9.17) is 10.7 Å². The molecule has 3 heterocycles. The topological polar surface area (TPSA) is 90.5 Å². The monoisotopic (exact) mass is 442 g/mol. The second-order valence-electron chi connectivity index (χ2n) is 8.95. The van der Waals surface area contributed by atoms with E-state index >= 15 is 0 Å². The molecule has 8 nitrogen and oxygen atoms in total. The Labute approximate surface area is 190 Å². The Bertz CT molecular complexity index is 1380. The van der Waals surface area contributed by atoms with Gasteiger partial charge in [0, 0.05) is 13.1 Å². The molecule has 0 spiro atoms. The van der Waals surface area contributed by atoms with E-state index in [9.17, 15) is 9.59 Å². The van der Waals surface area contributed by atoms with Gasteiger partial charge in [0.1, 0.15) is 6.04 Å². The van der Waals surface area contributed by atoms with Gasteiger partial charge in [0.05, 0.1) is 17.4 Å². The number of nitrogens with two attached hydrogens (primary N) is 1. The van der Waals surface area contributed by atoms with Gasteiger partial charge in [-0.25, -0.2) is 28.5 Å². The summed E-state index contributed by atoms with van der Waals surface area (Å²) in [6.45, 7) is 1.09. The molecule has 1 aliphatic carbocycles. The van der Waals surface area contributed by atoms with Crippen molar-refractivity contribution in [1.29, 1.82) is 0 Å². The van der Waals surface area contributed by atoms with Crippen molar-refractivity contribution in [3.05, 3.63) is 98.5 Å². The molecule has 0 radical (unpaired) electrons. The maximum atomic E-state index is 13.7. The molecule has 3 aromatic rings. The lowest BCUT2D eigenvalue weighted by Gasteiger charge is -2.41. The van der Waals surface area contributed by atoms with Gasteiger partial charge in [-0.05, 0) is 42.5 Å². The number of rotatable bonds is 3. The van der Waals surface area contributed by atoms with Crippen LogP contribution in [-0.2, 0) is 6.54 Å². The number of para-hydroxylation sites is 1. The van der Waals surface area contributed by atoms with Gasteiger partial charge >= 0.3 is 11.4 Å². The molecular weight excluding hydrogens is 416 g/mol. The predicted molar refractivity (Wildman–Crippen MR) is 126 cm³/mol. The van der Waals surface area contributed by atoms with Gasteiger partial charge in [0.25, 0.3) is 0 Å². The summed E-state index contributed by atoms with van der Waals surface area (Å²) in [5.74, 6) is 0.466. The molecule has 6 rings (SSSR count). The van der Waals surface area contributed by atoms with Gasteiger partial charge < -0.3 is 10.6 Å². The van der Waals surface area contributed by atoms with Crippen LogP contribution in [0.1, 0.15) is 43.3 Å². The average Bonchev–Trinajstić information content (AvgIpc) is 3.11. The molecule has 168 valence electrons. The van der Waals surface area contributed by atoms with Crippen molar-refractivity contribution >= 4 is 5.96 Å². The van der Waals surface area contributed by atoms with E-state index in [2.05, 4.69) is 0 Å². The SMILES string of the molecule is NC1=NC2=C3CCCC[C@@H]3n3c(=O)n(-c4ccccc4)c(=O)n3[C@@H]2CN1Cc1ccccc1. The molecule has 1 aromatic heterocycles. The summed E-state index contributed by atoms with van der Waals surface area (Å²) in [6.07, 6.45) is 3.78. The zero-order valence-corrected chi connectivity index (χ0v) is 18.3. The van der Waals surface area contributed by atoms with Crippen LogP contribution in [0, 0.1) is 0 Å². The molecule has 0 amide bonds. The number of benzene rings is 2. The van der Waals surface area contributed by atoms with Gasteiger partial charge in [-0.2, -0.15) is 0 Å². The van der Waals surface area contributed by atoms with E-state index in [1.807, 2.05) is 53.4 Å². The smallest absolute Gasteiger partial charge is 0.352 e. The lowest BCUT2D eigenvalue weighted by Crippen LogP contribution is -2.50. The molecule has 1 saturated carbocycles. The second kappa shape index (κ2) is 7.65. The first-order chi connectivity index (χ1) is 16.1. The van der Waals surface area contributed by atoms with Crippen LogP contribution in [0.25, 0.3) is 5.69 Å². The first-order valence-electron chi connectivity index (χ1n) is 11.5. The Balaban J connectivity index is 1.52. The second-order valence-corrected chi connectivity index (χ2v) is 8.95. The van der Waals surface area contributed by atoms with E-state index in [1.165, 1.54) is 4.57 Å². The average molecular weight is 443 g/mol. The van der Waals surface area contributed by atoms with Crippen LogP contribution in [0.4, 0.5) is 0 Å². The number of aromatic nitrogens is 3. The summed E-state index contributed by atoms with van der Waals surface area (Å²) >= 11 is 0. The van der Waals surface area contributed by atoms with E-state index in [1.54, 1.807) is 21.5 Å². The number of aliphatic imine (C=N–C) groups is 1. The highest BCUT2D eigenvalue weighted by molar-refractivity contribution is 5.80. The van der Waals surface area contributed by atoms with Crippen molar-refractivity contribution in [3.8, 4) is 5.69 Å². The van der Waals surface area contributed by atoms with Gasteiger partial charge in [-0.15, -0.1) is 0 Å². The Morgan fingerprint density at radius 2 is 1.55 bits per heavy atom. The highest BCUT2D eigenvalue weighted by Gasteiger charge is 2.42. The third-order valence-electron chi connectivity index (χ3n) is 7.00. The number of fused-ring (bicyclic) bond motifs is 5. The van der Waals surface area contributed by atoms with Crippen LogP contribution in [0.5, 0.6) is 0 Å². The van der Waals surface area contributed by atoms with E-state index < -0.39 is 0 Å². The molecule has 2 aliphatic heterocycles. The number of hydrogen-bond acceptors (Lipinski definition) is 5. The third-order valence-corrected chi connectivity index (χ3v) is 7.00. The van der Waals surface area contributed by atoms with Gasteiger partial charge in [0.2, 0.25) is 0 Å². The molecule has 2 aromatic carbocycles. The van der Waals surface area contributed by atoms with Crippen molar-refractivity contribution in [1.82, 2.24) is 18.8 Å². The highest BCUT2D eigenvalue weighted by atomic mass is 16.2. The van der Waals surface area contributed by atoms with Crippen molar-refractivity contribution in [2.45, 2.75) is 44.3 Å². The Morgan fingerprint density at radius 3 is 2.27 bits per heavy atom. The van der Waals surface area contributed by atoms with E-state index in [-0.39, 0.29) is 23.5 Å². The van der Waals surface area contributed by atoms with Crippen LogP contribution in [0.15, 0.2) is 86.5 Å². The van der Waals surface area contributed by atoms with Gasteiger partial charge in [-0.1, -0.05) is 55.0 Å². The maximum Gasteiger partial charge on any atom is 0.352 e. The number of allylic oxidation sites excluding steroid dienone is 1. The molecule has 2 atom stereocenters. The molecular formula is C25H26N6O2. The van der Waals surface area contributed by atoms with Crippen molar-refractivity contribution in [3.63, 3.8) is 0 Å². The molecule has 3 aliphatic rings. The summed E-state index contributed by atoms with van der Waals surface area (Å²) < 4.78 is 4.62. The summed E-state index contributed by atoms with van der Waals surface area (Å²) in [5.41, 5.74) is 9.53. The van der Waals surface area contributed by atoms with Crippen LogP contribution >= 0.6 is 0 Å².